The topological polar surface area (TPSA) is 50.8 Å². The number of rotatable bonds is 9. The second-order valence-electron chi connectivity index (χ2n) is 7.23. The maximum Gasteiger partial charge on any atom is 0.220 e. The van der Waals surface area contributed by atoms with Crippen LogP contribution in [0.1, 0.15) is 31.2 Å². The largest absolute Gasteiger partial charge is 0.497 e. The molecule has 0 aromatic heterocycles. The second-order valence-corrected chi connectivity index (χ2v) is 7.23. The van der Waals surface area contributed by atoms with Crippen molar-refractivity contribution in [3.63, 3.8) is 0 Å². The molecule has 28 heavy (non-hydrogen) atoms. The van der Waals surface area contributed by atoms with Crippen LogP contribution in [-0.2, 0) is 11.3 Å². The van der Waals surface area contributed by atoms with Gasteiger partial charge in [0.1, 0.15) is 11.5 Å². The van der Waals surface area contributed by atoms with Gasteiger partial charge in [-0.2, -0.15) is 0 Å². The lowest BCUT2D eigenvalue weighted by Gasteiger charge is -2.32. The molecule has 1 N–H and O–H groups in total. The fourth-order valence-corrected chi connectivity index (χ4v) is 3.47. The Balaban J connectivity index is 1.28. The fraction of sp³-hybridized carbons (Fsp3) is 0.435. The van der Waals surface area contributed by atoms with Crippen molar-refractivity contribution < 1.29 is 14.3 Å². The molecule has 5 heteroatoms. The lowest BCUT2D eigenvalue weighted by Crippen LogP contribution is -2.44. The zero-order valence-corrected chi connectivity index (χ0v) is 16.6. The molecule has 2 aromatic carbocycles. The zero-order chi connectivity index (χ0) is 19.6. The third kappa shape index (κ3) is 6.57. The molecule has 0 aliphatic carbocycles. The first-order valence-corrected chi connectivity index (χ1v) is 10.1. The quantitative estimate of drug-likeness (QED) is 0.673. The predicted octanol–water partition coefficient (Wildman–Crippen LogP) is 3.64. The van der Waals surface area contributed by atoms with E-state index >= 15 is 0 Å². The van der Waals surface area contributed by atoms with Crippen molar-refractivity contribution >= 4 is 5.91 Å². The summed E-state index contributed by atoms with van der Waals surface area (Å²) < 4.78 is 10.8. The molecule has 0 saturated carbocycles. The highest BCUT2D eigenvalue weighted by molar-refractivity contribution is 5.76. The molecule has 3 rings (SSSR count). The van der Waals surface area contributed by atoms with Gasteiger partial charge in [0.25, 0.3) is 0 Å². The minimum absolute atomic E-state index is 0.125. The average Bonchev–Trinajstić information content (AvgIpc) is 2.74. The molecule has 0 spiro atoms. The molecule has 1 heterocycles. The van der Waals surface area contributed by atoms with Crippen molar-refractivity contribution in [2.24, 2.45) is 0 Å². The van der Waals surface area contributed by atoms with Gasteiger partial charge in [0.15, 0.2) is 0 Å². The Labute approximate surface area is 167 Å². The van der Waals surface area contributed by atoms with E-state index in [1.165, 1.54) is 5.56 Å². The van der Waals surface area contributed by atoms with Crippen LogP contribution in [0, 0.1) is 0 Å². The molecule has 0 atom stereocenters. The van der Waals surface area contributed by atoms with Crippen LogP contribution in [0.25, 0.3) is 0 Å². The van der Waals surface area contributed by atoms with Crippen molar-refractivity contribution in [3.8, 4) is 11.5 Å². The van der Waals surface area contributed by atoms with E-state index in [9.17, 15) is 4.79 Å². The third-order valence-electron chi connectivity index (χ3n) is 5.08. The van der Waals surface area contributed by atoms with E-state index in [4.69, 9.17) is 9.47 Å². The van der Waals surface area contributed by atoms with E-state index in [0.29, 0.717) is 25.5 Å². The van der Waals surface area contributed by atoms with Gasteiger partial charge in [-0.3, -0.25) is 9.69 Å². The van der Waals surface area contributed by atoms with Gasteiger partial charge in [0.05, 0.1) is 13.7 Å². The number of methoxy groups -OCH3 is 1. The van der Waals surface area contributed by atoms with E-state index in [1.54, 1.807) is 7.11 Å². The predicted molar refractivity (Wildman–Crippen MR) is 111 cm³/mol. The number of hydrogen-bond donors (Lipinski definition) is 1. The Morgan fingerprint density at radius 3 is 2.39 bits per heavy atom. The minimum atomic E-state index is 0.125. The molecule has 150 valence electrons. The summed E-state index contributed by atoms with van der Waals surface area (Å²) in [5.74, 6) is 1.73. The van der Waals surface area contributed by atoms with Crippen molar-refractivity contribution in [1.29, 1.82) is 0 Å². The number of ether oxygens (including phenoxy) is 2. The molecule has 1 aliphatic rings. The van der Waals surface area contributed by atoms with Crippen LogP contribution in [0.5, 0.6) is 11.5 Å². The first kappa shape index (κ1) is 20.2. The standard InChI is InChI=1S/C23H30N2O3/c1-27-21-9-11-22(12-10-21)28-17-5-8-23(26)24-20-13-15-25(16-14-20)18-19-6-3-2-4-7-19/h2-4,6-7,9-12,20H,5,8,13-18H2,1H3,(H,24,26). The molecule has 1 fully saturated rings. The summed E-state index contributed by atoms with van der Waals surface area (Å²) in [6.45, 7) is 3.58. The summed E-state index contributed by atoms with van der Waals surface area (Å²) in [6.07, 6.45) is 3.24. The maximum absolute atomic E-state index is 12.2. The van der Waals surface area contributed by atoms with Crippen molar-refractivity contribution in [3.05, 3.63) is 60.2 Å². The normalized spacial score (nSPS) is 15.2. The van der Waals surface area contributed by atoms with Crippen LogP contribution in [0.4, 0.5) is 0 Å². The van der Waals surface area contributed by atoms with E-state index in [1.807, 2.05) is 30.3 Å². The second kappa shape index (κ2) is 10.7. The molecule has 1 aliphatic heterocycles. The van der Waals surface area contributed by atoms with E-state index in [0.717, 1.165) is 44.0 Å². The van der Waals surface area contributed by atoms with Gasteiger partial charge in [-0.25, -0.2) is 0 Å². The van der Waals surface area contributed by atoms with Crippen LogP contribution >= 0.6 is 0 Å². The first-order chi connectivity index (χ1) is 13.7. The highest BCUT2D eigenvalue weighted by atomic mass is 16.5. The maximum atomic E-state index is 12.2. The van der Waals surface area contributed by atoms with Crippen molar-refractivity contribution in [1.82, 2.24) is 10.2 Å². The Morgan fingerprint density at radius 2 is 1.71 bits per heavy atom. The van der Waals surface area contributed by atoms with Crippen LogP contribution in [0.15, 0.2) is 54.6 Å². The number of amides is 1. The SMILES string of the molecule is COc1ccc(OCCCC(=O)NC2CCN(Cc3ccccc3)CC2)cc1. The number of likely N-dealkylation sites (tertiary alicyclic amines) is 1. The van der Waals surface area contributed by atoms with Crippen LogP contribution < -0.4 is 14.8 Å². The summed E-state index contributed by atoms with van der Waals surface area (Å²) in [6, 6.07) is 18.3. The number of hydrogen-bond acceptors (Lipinski definition) is 4. The molecular formula is C23H30N2O3. The smallest absolute Gasteiger partial charge is 0.220 e. The lowest BCUT2D eigenvalue weighted by atomic mass is 10.0. The molecule has 1 amide bonds. The van der Waals surface area contributed by atoms with Crippen molar-refractivity contribution in [2.75, 3.05) is 26.8 Å². The van der Waals surface area contributed by atoms with Gasteiger partial charge in [-0.1, -0.05) is 30.3 Å². The van der Waals surface area contributed by atoms with Crippen molar-refractivity contribution in [2.45, 2.75) is 38.3 Å². The minimum Gasteiger partial charge on any atom is -0.497 e. The molecule has 0 bridgehead atoms. The van der Waals surface area contributed by atoms with E-state index in [-0.39, 0.29) is 5.91 Å². The first-order valence-electron chi connectivity index (χ1n) is 10.1. The fourth-order valence-electron chi connectivity index (χ4n) is 3.47. The average molecular weight is 383 g/mol. The van der Waals surface area contributed by atoms with E-state index in [2.05, 4.69) is 34.5 Å². The Kier molecular flexibility index (Phi) is 7.73. The number of benzene rings is 2. The van der Waals surface area contributed by atoms with E-state index < -0.39 is 0 Å². The van der Waals surface area contributed by atoms with Gasteiger partial charge in [-0.05, 0) is 49.1 Å². The number of carbonyl (C=O) groups excluding carboxylic acids is 1. The van der Waals surface area contributed by atoms with Gasteiger partial charge in [0.2, 0.25) is 5.91 Å². The summed E-state index contributed by atoms with van der Waals surface area (Å²) in [5, 5.41) is 3.18. The summed E-state index contributed by atoms with van der Waals surface area (Å²) in [7, 11) is 1.64. The third-order valence-corrected chi connectivity index (χ3v) is 5.08. The molecule has 0 radical (unpaired) electrons. The van der Waals surface area contributed by atoms with Crippen LogP contribution in [0.3, 0.4) is 0 Å². The van der Waals surface area contributed by atoms with Gasteiger partial charge in [-0.15, -0.1) is 0 Å². The van der Waals surface area contributed by atoms with Crippen LogP contribution in [-0.4, -0.2) is 43.7 Å². The summed E-state index contributed by atoms with van der Waals surface area (Å²) in [5.41, 5.74) is 1.35. The van der Waals surface area contributed by atoms with Gasteiger partial charge in [0, 0.05) is 32.1 Å². The highest BCUT2D eigenvalue weighted by Gasteiger charge is 2.20. The number of carbonyl (C=O) groups is 1. The lowest BCUT2D eigenvalue weighted by molar-refractivity contribution is -0.122. The summed E-state index contributed by atoms with van der Waals surface area (Å²) >= 11 is 0. The monoisotopic (exact) mass is 382 g/mol. The molecule has 1 saturated heterocycles. The number of nitrogens with zero attached hydrogens (tertiary/aromatic N) is 1. The summed E-state index contributed by atoms with van der Waals surface area (Å²) in [4.78, 5) is 14.6. The molecule has 5 nitrogen and oxygen atoms in total. The Hall–Kier alpha value is -2.53. The number of piperidine rings is 1. The molecular weight excluding hydrogens is 352 g/mol. The zero-order valence-electron chi connectivity index (χ0n) is 16.6. The van der Waals surface area contributed by atoms with Crippen LogP contribution in [0.2, 0.25) is 0 Å². The highest BCUT2D eigenvalue weighted by Crippen LogP contribution is 2.17. The Morgan fingerprint density at radius 1 is 1.04 bits per heavy atom. The van der Waals surface area contributed by atoms with Gasteiger partial charge < -0.3 is 14.8 Å². The van der Waals surface area contributed by atoms with Gasteiger partial charge >= 0.3 is 0 Å². The molecule has 0 unspecified atom stereocenters. The number of nitrogens with one attached hydrogen (secondary N) is 1. The molecule has 2 aromatic rings. The Bertz CT molecular complexity index is 710.